The van der Waals surface area contributed by atoms with Crippen LogP contribution in [-0.4, -0.2) is 22.7 Å². The van der Waals surface area contributed by atoms with Crippen LogP contribution in [-0.2, 0) is 6.42 Å². The number of hydrogen-bond acceptors (Lipinski definition) is 3. The summed E-state index contributed by atoms with van der Waals surface area (Å²) >= 11 is 0. The molecule has 1 aromatic heterocycles. The zero-order valence-corrected chi connectivity index (χ0v) is 21.5. The first kappa shape index (κ1) is 26.8. The maximum absolute atomic E-state index is 13.4. The van der Waals surface area contributed by atoms with E-state index in [2.05, 4.69) is 41.2 Å². The Morgan fingerprint density at radius 3 is 1.86 bits per heavy atom. The second-order valence-electron chi connectivity index (χ2n) is 9.41. The fourth-order valence-corrected chi connectivity index (χ4v) is 4.13. The Morgan fingerprint density at radius 1 is 0.686 bits per heavy atom. The first-order valence-electron chi connectivity index (χ1n) is 13.5. The molecule has 0 aliphatic carbocycles. The molecule has 4 heteroatoms. The van der Waals surface area contributed by atoms with Crippen molar-refractivity contribution in [3.05, 3.63) is 66.5 Å². The number of unbranched alkanes of at least 4 members (excludes halogenated alkanes) is 8. The molecule has 0 aliphatic heterocycles. The summed E-state index contributed by atoms with van der Waals surface area (Å²) in [5.74, 6) is 1.32. The third-order valence-electron chi connectivity index (χ3n) is 6.49. The van der Waals surface area contributed by atoms with Crippen LogP contribution in [0.3, 0.4) is 0 Å². The fourth-order valence-electron chi connectivity index (χ4n) is 4.13. The van der Waals surface area contributed by atoms with E-state index < -0.39 is 6.17 Å². The van der Waals surface area contributed by atoms with Crippen molar-refractivity contribution in [2.45, 2.75) is 90.6 Å². The van der Waals surface area contributed by atoms with E-state index in [9.17, 15) is 4.39 Å². The molecule has 3 aromatic rings. The van der Waals surface area contributed by atoms with E-state index in [1.54, 1.807) is 0 Å². The lowest BCUT2D eigenvalue weighted by Gasteiger charge is -2.09. The van der Waals surface area contributed by atoms with Crippen LogP contribution in [0, 0.1) is 0 Å². The fraction of sp³-hybridized carbons (Fsp3) is 0.484. The van der Waals surface area contributed by atoms with E-state index in [1.165, 1.54) is 63.4 Å². The third-order valence-corrected chi connectivity index (χ3v) is 6.49. The molecule has 0 radical (unpaired) electrons. The summed E-state index contributed by atoms with van der Waals surface area (Å²) in [7, 11) is 0. The van der Waals surface area contributed by atoms with Gasteiger partial charge in [-0.15, -0.1) is 0 Å². The predicted molar refractivity (Wildman–Crippen MR) is 145 cm³/mol. The minimum atomic E-state index is -0.936. The van der Waals surface area contributed by atoms with E-state index in [1.807, 2.05) is 43.6 Å². The Hall–Kier alpha value is -2.75. The van der Waals surface area contributed by atoms with Gasteiger partial charge in [0.1, 0.15) is 18.5 Å². The molecule has 3 rings (SSSR count). The highest BCUT2D eigenvalue weighted by molar-refractivity contribution is 5.64. The van der Waals surface area contributed by atoms with Gasteiger partial charge >= 0.3 is 0 Å². The summed E-state index contributed by atoms with van der Waals surface area (Å²) in [6.07, 6.45) is 16.7. The van der Waals surface area contributed by atoms with Crippen LogP contribution in [0.1, 0.15) is 83.6 Å². The molecular weight excluding hydrogens is 435 g/mol. The van der Waals surface area contributed by atoms with Gasteiger partial charge in [-0.25, -0.2) is 14.4 Å². The first-order chi connectivity index (χ1) is 17.2. The summed E-state index contributed by atoms with van der Waals surface area (Å²) in [6.45, 7) is 4.17. The molecule has 1 unspecified atom stereocenters. The molecule has 2 aromatic carbocycles. The van der Waals surface area contributed by atoms with Gasteiger partial charge in [0.05, 0.1) is 0 Å². The van der Waals surface area contributed by atoms with Crippen LogP contribution >= 0.6 is 0 Å². The van der Waals surface area contributed by atoms with Crippen molar-refractivity contribution < 1.29 is 9.13 Å². The zero-order chi connectivity index (χ0) is 24.7. The van der Waals surface area contributed by atoms with Crippen LogP contribution in [0.4, 0.5) is 4.39 Å². The van der Waals surface area contributed by atoms with Crippen LogP contribution < -0.4 is 4.74 Å². The largest absolute Gasteiger partial charge is 0.491 e. The third kappa shape index (κ3) is 9.43. The zero-order valence-electron chi connectivity index (χ0n) is 21.5. The lowest BCUT2D eigenvalue weighted by atomic mass is 10.0. The van der Waals surface area contributed by atoms with Gasteiger partial charge in [0.15, 0.2) is 5.82 Å². The second kappa shape index (κ2) is 15.3. The predicted octanol–water partition coefficient (Wildman–Crippen LogP) is 9.01. The molecule has 0 aliphatic rings. The quantitative estimate of drug-likeness (QED) is 0.193. The molecular formula is C31H41FN2O. The number of ether oxygens (including phenoxy) is 1. The molecule has 0 amide bonds. The highest BCUT2D eigenvalue weighted by Gasteiger charge is 2.07. The Morgan fingerprint density at radius 2 is 1.26 bits per heavy atom. The van der Waals surface area contributed by atoms with Gasteiger partial charge in [-0.05, 0) is 54.7 Å². The summed E-state index contributed by atoms with van der Waals surface area (Å²) in [5, 5.41) is 0. The topological polar surface area (TPSA) is 35.0 Å². The molecule has 1 heterocycles. The Kier molecular flexibility index (Phi) is 11.7. The molecule has 35 heavy (non-hydrogen) atoms. The molecule has 0 bridgehead atoms. The van der Waals surface area contributed by atoms with E-state index in [0.717, 1.165) is 23.1 Å². The highest BCUT2D eigenvalue weighted by atomic mass is 19.1. The molecule has 0 spiro atoms. The summed E-state index contributed by atoms with van der Waals surface area (Å²) in [5.41, 5.74) is 4.45. The van der Waals surface area contributed by atoms with Crippen molar-refractivity contribution >= 4 is 0 Å². The number of rotatable bonds is 16. The second-order valence-corrected chi connectivity index (χ2v) is 9.41. The number of benzene rings is 2. The molecule has 0 N–H and O–H groups in total. The number of halogens is 1. The lowest BCUT2D eigenvalue weighted by molar-refractivity contribution is 0.192. The van der Waals surface area contributed by atoms with Crippen LogP contribution in [0.15, 0.2) is 60.9 Å². The maximum atomic E-state index is 13.4. The van der Waals surface area contributed by atoms with E-state index in [4.69, 9.17) is 4.74 Å². The van der Waals surface area contributed by atoms with Crippen LogP contribution in [0.25, 0.3) is 22.5 Å². The Labute approximate surface area is 211 Å². The number of aryl methyl sites for hydroxylation is 1. The van der Waals surface area contributed by atoms with Crippen LogP contribution in [0.5, 0.6) is 5.75 Å². The average Bonchev–Trinajstić information content (AvgIpc) is 2.91. The van der Waals surface area contributed by atoms with Crippen molar-refractivity contribution in [2.75, 3.05) is 6.61 Å². The highest BCUT2D eigenvalue weighted by Crippen LogP contribution is 2.23. The van der Waals surface area contributed by atoms with Crippen molar-refractivity contribution in [1.82, 2.24) is 9.97 Å². The SMILES string of the molecule is CCCCCCCCCCCc1ccc(-c2cnc(-c3ccc(OCC(F)CC)cc3)nc2)cc1. The van der Waals surface area contributed by atoms with Crippen molar-refractivity contribution in [3.8, 4) is 28.3 Å². The maximum Gasteiger partial charge on any atom is 0.159 e. The summed E-state index contributed by atoms with van der Waals surface area (Å²) < 4.78 is 18.8. The number of alkyl halides is 1. The number of hydrogen-bond donors (Lipinski definition) is 0. The first-order valence-corrected chi connectivity index (χ1v) is 13.5. The summed E-state index contributed by atoms with van der Waals surface area (Å²) in [6, 6.07) is 16.3. The molecule has 0 saturated carbocycles. The van der Waals surface area contributed by atoms with Gasteiger partial charge in [0.25, 0.3) is 0 Å². The molecule has 0 saturated heterocycles. The summed E-state index contributed by atoms with van der Waals surface area (Å²) in [4.78, 5) is 9.11. The smallest absolute Gasteiger partial charge is 0.159 e. The van der Waals surface area contributed by atoms with Gasteiger partial charge in [0.2, 0.25) is 0 Å². The van der Waals surface area contributed by atoms with Gasteiger partial charge in [-0.1, -0.05) is 89.5 Å². The molecule has 1 atom stereocenters. The number of nitrogens with zero attached hydrogens (tertiary/aromatic N) is 2. The molecule has 188 valence electrons. The minimum absolute atomic E-state index is 0.0824. The average molecular weight is 477 g/mol. The van der Waals surface area contributed by atoms with Crippen molar-refractivity contribution in [2.24, 2.45) is 0 Å². The van der Waals surface area contributed by atoms with Gasteiger partial charge in [-0.2, -0.15) is 0 Å². The Balaban J connectivity index is 1.43. The van der Waals surface area contributed by atoms with Gasteiger partial charge < -0.3 is 4.74 Å². The standard InChI is InChI=1S/C31H41FN2O/c1-3-5-6-7-8-9-10-11-12-13-25-14-16-26(17-15-25)28-22-33-31(34-23-28)27-18-20-30(21-19-27)35-24-29(32)4-2/h14-23,29H,3-13,24H2,1-2H3. The van der Waals surface area contributed by atoms with E-state index in [0.29, 0.717) is 18.0 Å². The Bertz CT molecular complexity index is 955. The monoisotopic (exact) mass is 476 g/mol. The van der Waals surface area contributed by atoms with Crippen LogP contribution in [0.2, 0.25) is 0 Å². The van der Waals surface area contributed by atoms with Crippen molar-refractivity contribution in [3.63, 3.8) is 0 Å². The molecule has 3 nitrogen and oxygen atoms in total. The van der Waals surface area contributed by atoms with E-state index >= 15 is 0 Å². The number of aromatic nitrogens is 2. The minimum Gasteiger partial charge on any atom is -0.491 e. The molecule has 0 fully saturated rings. The normalized spacial score (nSPS) is 12.0. The van der Waals surface area contributed by atoms with Gasteiger partial charge in [-0.3, -0.25) is 0 Å². The van der Waals surface area contributed by atoms with E-state index in [-0.39, 0.29) is 6.61 Å². The van der Waals surface area contributed by atoms with Gasteiger partial charge in [0, 0.05) is 23.5 Å². The lowest BCUT2D eigenvalue weighted by Crippen LogP contribution is -2.11. The van der Waals surface area contributed by atoms with Crippen molar-refractivity contribution in [1.29, 1.82) is 0 Å².